The second-order valence-electron chi connectivity index (χ2n) is 7.06. The SMILES string of the molecule is CC(NC(=O)C(NC(=O)C(NC(=O)C(N)CCC(=O)O)C(C)C)C(C)O)C(=O)O. The van der Waals surface area contributed by atoms with Crippen molar-refractivity contribution in [3.05, 3.63) is 0 Å². The number of aliphatic hydroxyl groups is 1. The minimum atomic E-state index is -1.46. The predicted octanol–water partition coefficient (Wildman–Crippen LogP) is -2.23. The third-order valence-electron chi connectivity index (χ3n) is 4.04. The molecular formula is C17H30N4O8. The van der Waals surface area contributed by atoms with Crippen LogP contribution in [0.5, 0.6) is 0 Å². The number of nitrogens with two attached hydrogens (primary N) is 1. The highest BCUT2D eigenvalue weighted by Crippen LogP contribution is 2.06. The van der Waals surface area contributed by atoms with Crippen LogP contribution >= 0.6 is 0 Å². The van der Waals surface area contributed by atoms with Crippen LogP contribution in [-0.2, 0) is 24.0 Å². The molecule has 0 heterocycles. The summed E-state index contributed by atoms with van der Waals surface area (Å²) in [6, 6.07) is -4.96. The van der Waals surface area contributed by atoms with Crippen LogP contribution in [0.3, 0.4) is 0 Å². The van der Waals surface area contributed by atoms with Crippen molar-refractivity contribution in [2.75, 3.05) is 0 Å². The van der Waals surface area contributed by atoms with Gasteiger partial charge in [-0.25, -0.2) is 0 Å². The molecule has 29 heavy (non-hydrogen) atoms. The van der Waals surface area contributed by atoms with Gasteiger partial charge in [0.05, 0.1) is 12.1 Å². The molecule has 0 spiro atoms. The van der Waals surface area contributed by atoms with Gasteiger partial charge in [-0.15, -0.1) is 0 Å². The Hall–Kier alpha value is -2.73. The van der Waals surface area contributed by atoms with Crippen LogP contribution in [0.15, 0.2) is 0 Å². The van der Waals surface area contributed by atoms with Gasteiger partial charge in [-0.1, -0.05) is 13.8 Å². The Balaban J connectivity index is 5.16. The Labute approximate surface area is 168 Å². The fraction of sp³-hybridized carbons (Fsp3) is 0.706. The number of aliphatic hydroxyl groups excluding tert-OH is 1. The lowest BCUT2D eigenvalue weighted by Crippen LogP contribution is -2.60. The van der Waals surface area contributed by atoms with Crippen molar-refractivity contribution in [3.63, 3.8) is 0 Å². The molecule has 5 unspecified atom stereocenters. The largest absolute Gasteiger partial charge is 0.481 e. The number of rotatable bonds is 12. The topological polar surface area (TPSA) is 208 Å². The summed E-state index contributed by atoms with van der Waals surface area (Å²) < 4.78 is 0. The summed E-state index contributed by atoms with van der Waals surface area (Å²) in [6.07, 6.45) is -1.79. The Morgan fingerprint density at radius 1 is 0.828 bits per heavy atom. The highest BCUT2D eigenvalue weighted by atomic mass is 16.4. The molecule has 0 saturated heterocycles. The van der Waals surface area contributed by atoms with Gasteiger partial charge in [0.1, 0.15) is 18.1 Å². The number of carbonyl (C=O) groups is 5. The molecule has 0 rings (SSSR count). The van der Waals surface area contributed by atoms with Crippen LogP contribution in [0, 0.1) is 5.92 Å². The van der Waals surface area contributed by atoms with E-state index in [-0.39, 0.29) is 12.8 Å². The summed E-state index contributed by atoms with van der Waals surface area (Å²) in [6.45, 7) is 5.70. The standard InChI is InChI=1S/C17H30N4O8/c1-7(2)12(20-14(25)10(18)5-6-11(23)24)15(26)21-13(9(4)22)16(27)19-8(3)17(28)29/h7-10,12-13,22H,5-6,18H2,1-4H3,(H,19,27)(H,20,25)(H,21,26)(H,23,24)(H,28,29). The zero-order chi connectivity index (χ0) is 22.9. The van der Waals surface area contributed by atoms with Crippen molar-refractivity contribution in [3.8, 4) is 0 Å². The molecule has 0 aromatic heterocycles. The minimum absolute atomic E-state index is 0.126. The highest BCUT2D eigenvalue weighted by molar-refractivity contribution is 5.94. The molecule has 12 heteroatoms. The number of amides is 3. The first-order valence-electron chi connectivity index (χ1n) is 9.07. The molecule has 0 bridgehead atoms. The quantitative estimate of drug-likeness (QED) is 0.183. The normalized spacial score (nSPS) is 16.1. The summed E-state index contributed by atoms with van der Waals surface area (Å²) in [5.74, 6) is -5.28. The molecular weight excluding hydrogens is 388 g/mol. The van der Waals surface area contributed by atoms with Crippen molar-refractivity contribution in [2.45, 2.75) is 70.8 Å². The Kier molecular flexibility index (Phi) is 10.8. The van der Waals surface area contributed by atoms with Gasteiger partial charge in [0.2, 0.25) is 17.7 Å². The number of nitrogens with one attached hydrogen (secondary N) is 3. The average molecular weight is 418 g/mol. The highest BCUT2D eigenvalue weighted by Gasteiger charge is 2.33. The zero-order valence-electron chi connectivity index (χ0n) is 16.8. The van der Waals surface area contributed by atoms with E-state index in [0.717, 1.165) is 0 Å². The van der Waals surface area contributed by atoms with E-state index in [1.54, 1.807) is 13.8 Å². The molecule has 12 nitrogen and oxygen atoms in total. The summed E-state index contributed by atoms with van der Waals surface area (Å²) in [5.41, 5.74) is 5.63. The van der Waals surface area contributed by atoms with Gasteiger partial charge >= 0.3 is 11.9 Å². The zero-order valence-corrected chi connectivity index (χ0v) is 16.8. The van der Waals surface area contributed by atoms with Crippen molar-refractivity contribution in [1.82, 2.24) is 16.0 Å². The molecule has 3 amide bonds. The Morgan fingerprint density at radius 3 is 1.72 bits per heavy atom. The first-order valence-corrected chi connectivity index (χ1v) is 9.07. The Bertz CT molecular complexity index is 623. The van der Waals surface area contributed by atoms with Crippen molar-refractivity contribution in [1.29, 1.82) is 0 Å². The van der Waals surface area contributed by atoms with Crippen LogP contribution in [-0.4, -0.2) is 75.3 Å². The number of aliphatic carboxylic acids is 2. The van der Waals surface area contributed by atoms with Gasteiger partial charge in [-0.05, 0) is 26.2 Å². The van der Waals surface area contributed by atoms with Gasteiger partial charge in [0.15, 0.2) is 0 Å². The predicted molar refractivity (Wildman–Crippen MR) is 100 cm³/mol. The molecule has 0 radical (unpaired) electrons. The fourth-order valence-electron chi connectivity index (χ4n) is 2.22. The second kappa shape index (κ2) is 12.0. The number of hydrogen-bond donors (Lipinski definition) is 7. The van der Waals surface area contributed by atoms with E-state index < -0.39 is 65.8 Å². The fourth-order valence-corrected chi connectivity index (χ4v) is 2.22. The smallest absolute Gasteiger partial charge is 0.325 e. The number of carboxylic acid groups (broad SMARTS) is 2. The van der Waals surface area contributed by atoms with E-state index in [9.17, 15) is 29.1 Å². The van der Waals surface area contributed by atoms with Crippen molar-refractivity contribution < 1.29 is 39.3 Å². The van der Waals surface area contributed by atoms with Gasteiger partial charge in [-0.3, -0.25) is 24.0 Å². The van der Waals surface area contributed by atoms with E-state index >= 15 is 0 Å². The maximum Gasteiger partial charge on any atom is 0.325 e. The summed E-state index contributed by atoms with van der Waals surface area (Å²) in [5, 5.41) is 34.2. The van der Waals surface area contributed by atoms with E-state index in [1.807, 2.05) is 0 Å². The van der Waals surface area contributed by atoms with Crippen molar-refractivity contribution in [2.24, 2.45) is 11.7 Å². The van der Waals surface area contributed by atoms with Crippen LogP contribution in [0.25, 0.3) is 0 Å². The van der Waals surface area contributed by atoms with E-state index in [0.29, 0.717) is 0 Å². The number of carbonyl (C=O) groups excluding carboxylic acids is 3. The monoisotopic (exact) mass is 418 g/mol. The first-order chi connectivity index (χ1) is 13.3. The molecule has 0 aliphatic heterocycles. The first kappa shape index (κ1) is 26.3. The molecule has 0 aromatic carbocycles. The lowest BCUT2D eigenvalue weighted by molar-refractivity contribution is -0.142. The molecule has 5 atom stereocenters. The van der Waals surface area contributed by atoms with E-state index in [1.165, 1.54) is 13.8 Å². The van der Waals surface area contributed by atoms with Gasteiger partial charge in [0.25, 0.3) is 0 Å². The summed E-state index contributed by atoms with van der Waals surface area (Å²) in [4.78, 5) is 58.4. The molecule has 166 valence electrons. The van der Waals surface area contributed by atoms with E-state index in [4.69, 9.17) is 15.9 Å². The molecule has 8 N–H and O–H groups in total. The molecule has 0 aliphatic rings. The molecule has 0 aromatic rings. The minimum Gasteiger partial charge on any atom is -0.481 e. The Morgan fingerprint density at radius 2 is 1.31 bits per heavy atom. The maximum absolute atomic E-state index is 12.6. The second-order valence-corrected chi connectivity index (χ2v) is 7.06. The number of hydrogen-bond acceptors (Lipinski definition) is 7. The van der Waals surface area contributed by atoms with Crippen LogP contribution in [0.4, 0.5) is 0 Å². The third kappa shape index (κ3) is 9.34. The van der Waals surface area contributed by atoms with Gasteiger partial charge in [-0.2, -0.15) is 0 Å². The lowest BCUT2D eigenvalue weighted by Gasteiger charge is -2.27. The summed E-state index contributed by atoms with van der Waals surface area (Å²) >= 11 is 0. The average Bonchev–Trinajstić information content (AvgIpc) is 2.60. The molecule has 0 fully saturated rings. The van der Waals surface area contributed by atoms with Crippen LogP contribution in [0.2, 0.25) is 0 Å². The van der Waals surface area contributed by atoms with Crippen molar-refractivity contribution >= 4 is 29.7 Å². The van der Waals surface area contributed by atoms with Gasteiger partial charge < -0.3 is 37.0 Å². The summed E-state index contributed by atoms with van der Waals surface area (Å²) in [7, 11) is 0. The molecule has 0 saturated carbocycles. The van der Waals surface area contributed by atoms with Gasteiger partial charge in [0, 0.05) is 6.42 Å². The molecule has 0 aliphatic carbocycles. The van der Waals surface area contributed by atoms with E-state index in [2.05, 4.69) is 16.0 Å². The van der Waals surface area contributed by atoms with Crippen LogP contribution < -0.4 is 21.7 Å². The maximum atomic E-state index is 12.6. The van der Waals surface area contributed by atoms with Crippen LogP contribution in [0.1, 0.15) is 40.5 Å². The third-order valence-corrected chi connectivity index (χ3v) is 4.04. The number of carboxylic acids is 2. The lowest BCUT2D eigenvalue weighted by atomic mass is 10.0.